The lowest BCUT2D eigenvalue weighted by atomic mass is 9.43. The first kappa shape index (κ1) is 19.1. The van der Waals surface area contributed by atoms with E-state index in [1.54, 1.807) is 6.07 Å². The van der Waals surface area contributed by atoms with Crippen LogP contribution in [0.2, 0.25) is 0 Å². The van der Waals surface area contributed by atoms with Gasteiger partial charge in [0.25, 0.3) is 0 Å². The number of hydrogen-bond donors (Lipinski definition) is 2. The number of carboxylic acids is 1. The predicted octanol–water partition coefficient (Wildman–Crippen LogP) is 4.71. The largest absolute Gasteiger partial charge is 0.611 e. The van der Waals surface area contributed by atoms with Crippen LogP contribution in [0.5, 0.6) is 5.75 Å². The number of aromatic hydroxyl groups is 1. The third kappa shape index (κ3) is 2.57. The number of hydrogen-bond acceptors (Lipinski definition) is 3. The molecule has 4 rings (SSSR count). The first-order valence-corrected chi connectivity index (χ1v) is 11.3. The maximum atomic E-state index is 13.1. The van der Waals surface area contributed by atoms with Gasteiger partial charge in [0.2, 0.25) is 0 Å². The van der Waals surface area contributed by atoms with Crippen molar-refractivity contribution in [3.05, 3.63) is 23.3 Å². The van der Waals surface area contributed by atoms with Gasteiger partial charge < -0.3 is 14.8 Å². The Kier molecular flexibility index (Phi) is 4.18. The molecule has 2 aliphatic carbocycles. The Morgan fingerprint density at radius 3 is 2.52 bits per heavy atom. The van der Waals surface area contributed by atoms with Gasteiger partial charge >= 0.3 is 5.97 Å². The minimum Gasteiger partial charge on any atom is -0.611 e. The van der Waals surface area contributed by atoms with Crippen molar-refractivity contribution < 1.29 is 19.6 Å². The first-order chi connectivity index (χ1) is 12.5. The van der Waals surface area contributed by atoms with E-state index in [0.717, 1.165) is 24.8 Å². The Bertz CT molecular complexity index is 804. The molecule has 0 amide bonds. The quantitative estimate of drug-likeness (QED) is 0.680. The molecule has 0 spiro atoms. The van der Waals surface area contributed by atoms with E-state index in [2.05, 4.69) is 27.7 Å². The summed E-state index contributed by atoms with van der Waals surface area (Å²) in [5, 5.41) is 19.6. The third-order valence-electron chi connectivity index (χ3n) is 8.30. The fraction of sp³-hybridized carbons (Fsp3) is 0.682. The summed E-state index contributed by atoms with van der Waals surface area (Å²) in [4.78, 5) is 12.2. The van der Waals surface area contributed by atoms with Gasteiger partial charge in [-0.05, 0) is 59.7 Å². The summed E-state index contributed by atoms with van der Waals surface area (Å²) in [6.45, 7) is 9.39. The van der Waals surface area contributed by atoms with Crippen molar-refractivity contribution in [1.29, 1.82) is 0 Å². The van der Waals surface area contributed by atoms with Gasteiger partial charge in [0.1, 0.15) is 17.1 Å². The number of rotatable bonds is 1. The number of carboxylic acid groups (broad SMARTS) is 1. The highest BCUT2D eigenvalue weighted by atomic mass is 32.2. The van der Waals surface area contributed by atoms with Crippen LogP contribution in [0.15, 0.2) is 17.0 Å². The highest BCUT2D eigenvalue weighted by molar-refractivity contribution is 7.91. The molecule has 5 atom stereocenters. The van der Waals surface area contributed by atoms with E-state index in [-0.39, 0.29) is 33.5 Å². The second kappa shape index (κ2) is 5.90. The van der Waals surface area contributed by atoms with Crippen LogP contribution in [0.1, 0.15) is 75.7 Å². The molecule has 0 bridgehead atoms. The summed E-state index contributed by atoms with van der Waals surface area (Å²) in [7, 11) is 0. The van der Waals surface area contributed by atoms with Gasteiger partial charge in [0.05, 0.1) is 0 Å². The topological polar surface area (TPSA) is 80.6 Å². The molecule has 0 saturated heterocycles. The van der Waals surface area contributed by atoms with Crippen molar-refractivity contribution in [2.24, 2.45) is 22.7 Å². The van der Waals surface area contributed by atoms with Crippen molar-refractivity contribution in [2.45, 2.75) is 70.1 Å². The Morgan fingerprint density at radius 1 is 1.15 bits per heavy atom. The molecule has 148 valence electrons. The zero-order chi connectivity index (χ0) is 19.8. The van der Waals surface area contributed by atoms with Crippen molar-refractivity contribution in [3.63, 3.8) is 0 Å². The van der Waals surface area contributed by atoms with Crippen molar-refractivity contribution in [1.82, 2.24) is 0 Å². The van der Waals surface area contributed by atoms with Crippen LogP contribution in [0.3, 0.4) is 0 Å². The van der Waals surface area contributed by atoms with Crippen LogP contribution in [-0.2, 0) is 16.6 Å². The highest BCUT2D eigenvalue weighted by Crippen LogP contribution is 2.66. The average molecular weight is 391 g/mol. The smallest absolute Gasteiger partial charge is 0.339 e. The summed E-state index contributed by atoms with van der Waals surface area (Å²) in [6.07, 6.45) is 5.69. The van der Waals surface area contributed by atoms with Crippen LogP contribution < -0.4 is 0 Å². The lowest BCUT2D eigenvalue weighted by Gasteiger charge is -2.63. The van der Waals surface area contributed by atoms with E-state index in [1.165, 1.54) is 18.9 Å². The Balaban J connectivity index is 1.87. The van der Waals surface area contributed by atoms with Crippen LogP contribution in [0.4, 0.5) is 0 Å². The lowest BCUT2D eigenvalue weighted by Crippen LogP contribution is -2.59. The molecular weight excluding hydrogens is 360 g/mol. The maximum absolute atomic E-state index is 13.1. The van der Waals surface area contributed by atoms with Crippen LogP contribution in [0.25, 0.3) is 0 Å². The van der Waals surface area contributed by atoms with E-state index in [1.807, 2.05) is 0 Å². The van der Waals surface area contributed by atoms with E-state index in [4.69, 9.17) is 0 Å². The van der Waals surface area contributed by atoms with Gasteiger partial charge in [-0.2, -0.15) is 0 Å². The molecule has 2 fully saturated rings. The molecule has 1 aromatic carbocycles. The third-order valence-corrected chi connectivity index (χ3v) is 9.76. The monoisotopic (exact) mass is 390 g/mol. The maximum Gasteiger partial charge on any atom is 0.339 e. The molecule has 1 aromatic rings. The molecule has 1 unspecified atom stereocenters. The molecule has 3 aliphatic rings. The normalized spacial score (nSPS) is 39.8. The highest BCUT2D eigenvalue weighted by Gasteiger charge is 2.62. The van der Waals surface area contributed by atoms with E-state index < -0.39 is 17.1 Å². The van der Waals surface area contributed by atoms with Gasteiger partial charge in [0, 0.05) is 23.0 Å². The number of aromatic carboxylic acids is 1. The van der Waals surface area contributed by atoms with Gasteiger partial charge in [-0.3, -0.25) is 0 Å². The molecule has 5 heteroatoms. The molecule has 27 heavy (non-hydrogen) atoms. The molecule has 2 N–H and O–H groups in total. The fourth-order valence-electron chi connectivity index (χ4n) is 6.96. The Labute approximate surface area is 164 Å². The predicted molar refractivity (Wildman–Crippen MR) is 106 cm³/mol. The molecule has 0 aromatic heterocycles. The SMILES string of the molecule is CC1(C)CCC[C@]2(C)[C@H]3C[S+]([O-])c4cc(O)c(C(=O)O)cc4[C@]3(C)CC[C@@H]12. The lowest BCUT2D eigenvalue weighted by molar-refractivity contribution is -0.0981. The summed E-state index contributed by atoms with van der Waals surface area (Å²) in [6, 6.07) is 3.05. The zero-order valence-corrected chi connectivity index (χ0v) is 17.5. The summed E-state index contributed by atoms with van der Waals surface area (Å²) < 4.78 is 13.1. The van der Waals surface area contributed by atoms with E-state index >= 15 is 0 Å². The summed E-state index contributed by atoms with van der Waals surface area (Å²) >= 11 is -1.21. The standard InChI is InChI=1S/C22H30O4S/c1-20(2)7-5-8-22(4)17(20)6-9-21(3)14-10-13(19(24)25)15(23)11-16(14)27(26)12-18(21)22/h10-11,17-18,23H,5-9,12H2,1-4H3,(H,24,25)/t17-,18-,21-,22-,27?/m0/s1. The molecule has 2 saturated carbocycles. The minimum absolute atomic E-state index is 0.0797. The van der Waals surface area contributed by atoms with Gasteiger partial charge in [-0.15, -0.1) is 0 Å². The molecule has 1 aliphatic heterocycles. The first-order valence-electron chi connectivity index (χ1n) is 10.00. The van der Waals surface area contributed by atoms with Crippen molar-refractivity contribution in [3.8, 4) is 5.75 Å². The Hall–Kier alpha value is -1.20. The molecule has 0 radical (unpaired) electrons. The second-order valence-electron chi connectivity index (χ2n) is 10.1. The van der Waals surface area contributed by atoms with Crippen molar-refractivity contribution in [2.75, 3.05) is 5.75 Å². The van der Waals surface area contributed by atoms with Gasteiger partial charge in [0.15, 0.2) is 4.90 Å². The minimum atomic E-state index is -1.21. The number of fused-ring (bicyclic) bond motifs is 5. The zero-order valence-electron chi connectivity index (χ0n) is 16.7. The van der Waals surface area contributed by atoms with E-state index in [9.17, 15) is 19.6 Å². The molecule has 4 nitrogen and oxygen atoms in total. The van der Waals surface area contributed by atoms with Crippen LogP contribution >= 0.6 is 0 Å². The van der Waals surface area contributed by atoms with E-state index in [0.29, 0.717) is 16.6 Å². The number of phenols is 1. The van der Waals surface area contributed by atoms with Gasteiger partial charge in [-0.1, -0.05) is 34.1 Å². The molecule has 1 heterocycles. The van der Waals surface area contributed by atoms with Crippen LogP contribution in [0, 0.1) is 22.7 Å². The second-order valence-corrected chi connectivity index (χ2v) is 11.6. The van der Waals surface area contributed by atoms with Crippen LogP contribution in [-0.4, -0.2) is 26.5 Å². The van der Waals surface area contributed by atoms with Crippen molar-refractivity contribution >= 4 is 17.1 Å². The van der Waals surface area contributed by atoms with Gasteiger partial charge in [-0.25, -0.2) is 4.79 Å². The fourth-order valence-corrected chi connectivity index (χ4v) is 8.97. The summed E-state index contributed by atoms with van der Waals surface area (Å²) in [5.74, 6) is 0.0634. The summed E-state index contributed by atoms with van der Waals surface area (Å²) in [5.41, 5.74) is 1.01. The average Bonchev–Trinajstić information content (AvgIpc) is 2.55. The molecular formula is C22H30O4S. The number of benzene rings is 1. The number of carbonyl (C=O) groups is 1. The Morgan fingerprint density at radius 2 is 1.85 bits per heavy atom.